The Morgan fingerprint density at radius 3 is 2.62 bits per heavy atom. The van der Waals surface area contributed by atoms with Gasteiger partial charge in [0.05, 0.1) is 24.2 Å². The highest BCUT2D eigenvalue weighted by atomic mass is 16.5. The lowest BCUT2D eigenvalue weighted by molar-refractivity contribution is 0.121. The molecule has 0 N–H and O–H groups in total. The first kappa shape index (κ1) is 19.9. The summed E-state index contributed by atoms with van der Waals surface area (Å²) in [5.41, 5.74) is 1.21. The number of ether oxygens (including phenoxy) is 2. The predicted octanol–water partition coefficient (Wildman–Crippen LogP) is 1.90. The number of nitrogens with zero attached hydrogens (tertiary/aromatic N) is 3. The molecule has 0 radical (unpaired) electrons. The molecule has 2 saturated heterocycles. The molecule has 0 spiro atoms. The smallest absolute Gasteiger partial charge is 0.200 e. The number of fused-ring (bicyclic) bond motifs is 1. The Morgan fingerprint density at radius 1 is 1.14 bits per heavy atom. The van der Waals surface area contributed by atoms with Crippen molar-refractivity contribution in [2.24, 2.45) is 0 Å². The number of benzene rings is 1. The Kier molecular flexibility index (Phi) is 6.18. The van der Waals surface area contributed by atoms with Crippen LogP contribution in [0.5, 0.6) is 5.75 Å². The van der Waals surface area contributed by atoms with Gasteiger partial charge in [-0.2, -0.15) is 0 Å². The maximum atomic E-state index is 12.7. The summed E-state index contributed by atoms with van der Waals surface area (Å²) in [5, 5.41) is 0.545. The van der Waals surface area contributed by atoms with Crippen LogP contribution in [0.3, 0.4) is 0 Å². The molecule has 156 valence electrons. The lowest BCUT2D eigenvalue weighted by Gasteiger charge is -2.32. The van der Waals surface area contributed by atoms with Crippen LogP contribution >= 0.6 is 0 Å². The first-order valence-electron chi connectivity index (χ1n) is 10.3. The summed E-state index contributed by atoms with van der Waals surface area (Å²) < 4.78 is 17.6. The van der Waals surface area contributed by atoms with Crippen molar-refractivity contribution in [1.82, 2.24) is 9.80 Å². The van der Waals surface area contributed by atoms with Crippen molar-refractivity contribution in [3.63, 3.8) is 0 Å². The maximum absolute atomic E-state index is 12.7. The Morgan fingerprint density at radius 2 is 1.90 bits per heavy atom. The molecule has 29 heavy (non-hydrogen) atoms. The van der Waals surface area contributed by atoms with Gasteiger partial charge in [-0.15, -0.1) is 0 Å². The van der Waals surface area contributed by atoms with Gasteiger partial charge < -0.3 is 23.7 Å². The van der Waals surface area contributed by atoms with Crippen LogP contribution < -0.4 is 15.1 Å². The van der Waals surface area contributed by atoms with Crippen molar-refractivity contribution in [2.45, 2.75) is 0 Å². The standard InChI is InChI=1S/C22H29N3O4/c1-3-17-20(28-15-10-24-8-6-23(2)7-9-24)5-4-18-19(26)16-21(29-22(17)18)25-11-13-27-14-12-25/h3-5,16H,1,6-15H2,2H3. The minimum Gasteiger partial charge on any atom is -0.491 e. The van der Waals surface area contributed by atoms with Gasteiger partial charge in [-0.1, -0.05) is 12.7 Å². The number of piperazine rings is 1. The second-order valence-electron chi connectivity index (χ2n) is 7.60. The molecule has 2 aliphatic heterocycles. The normalized spacial score (nSPS) is 18.9. The molecule has 0 unspecified atom stereocenters. The van der Waals surface area contributed by atoms with E-state index in [4.69, 9.17) is 13.9 Å². The lowest BCUT2D eigenvalue weighted by Crippen LogP contribution is -2.45. The van der Waals surface area contributed by atoms with Gasteiger partial charge in [-0.25, -0.2) is 0 Å². The summed E-state index contributed by atoms with van der Waals surface area (Å²) in [6, 6.07) is 5.19. The molecule has 0 aliphatic carbocycles. The van der Waals surface area contributed by atoms with E-state index >= 15 is 0 Å². The molecule has 0 amide bonds. The molecule has 2 fully saturated rings. The van der Waals surface area contributed by atoms with Gasteiger partial charge in [-0.3, -0.25) is 9.69 Å². The second kappa shape index (κ2) is 8.98. The van der Waals surface area contributed by atoms with E-state index in [1.807, 2.05) is 11.0 Å². The van der Waals surface area contributed by atoms with Crippen molar-refractivity contribution in [2.75, 3.05) is 77.6 Å². The summed E-state index contributed by atoms with van der Waals surface area (Å²) in [6.07, 6.45) is 1.71. The van der Waals surface area contributed by atoms with E-state index in [1.165, 1.54) is 0 Å². The Labute approximate surface area is 171 Å². The third-order valence-electron chi connectivity index (χ3n) is 5.67. The largest absolute Gasteiger partial charge is 0.491 e. The molecule has 1 aromatic heterocycles. The topological polar surface area (TPSA) is 58.4 Å². The highest BCUT2D eigenvalue weighted by molar-refractivity contribution is 5.88. The number of rotatable bonds is 6. The fourth-order valence-corrected chi connectivity index (χ4v) is 3.82. The molecule has 0 atom stereocenters. The van der Waals surface area contributed by atoms with Crippen LogP contribution in [0, 0.1) is 0 Å². The summed E-state index contributed by atoms with van der Waals surface area (Å²) in [4.78, 5) is 19.5. The van der Waals surface area contributed by atoms with Gasteiger partial charge >= 0.3 is 0 Å². The Bertz CT molecular complexity index is 912. The summed E-state index contributed by atoms with van der Waals surface area (Å²) in [7, 11) is 2.15. The molecule has 7 heteroatoms. The number of hydrogen-bond acceptors (Lipinski definition) is 7. The zero-order valence-corrected chi connectivity index (χ0v) is 17.1. The summed E-state index contributed by atoms with van der Waals surface area (Å²) in [5.74, 6) is 1.27. The third kappa shape index (κ3) is 4.47. The molecule has 2 aliphatic rings. The monoisotopic (exact) mass is 399 g/mol. The average molecular weight is 399 g/mol. The van der Waals surface area contributed by atoms with Gasteiger partial charge in [0, 0.05) is 51.9 Å². The number of hydrogen-bond donors (Lipinski definition) is 0. The van der Waals surface area contributed by atoms with Crippen LogP contribution in [0.2, 0.25) is 0 Å². The lowest BCUT2D eigenvalue weighted by atomic mass is 10.1. The molecule has 7 nitrogen and oxygen atoms in total. The van der Waals surface area contributed by atoms with Crippen LogP contribution in [0.25, 0.3) is 17.0 Å². The molecular weight excluding hydrogens is 370 g/mol. The third-order valence-corrected chi connectivity index (χ3v) is 5.67. The average Bonchev–Trinajstić information content (AvgIpc) is 2.75. The van der Waals surface area contributed by atoms with E-state index in [1.54, 1.807) is 18.2 Å². The molecule has 2 aromatic rings. The first-order chi connectivity index (χ1) is 14.2. The SMILES string of the molecule is C=Cc1c(OCCN2CCN(C)CC2)ccc2c(=O)cc(N3CCOCC3)oc12. The highest BCUT2D eigenvalue weighted by Gasteiger charge is 2.18. The van der Waals surface area contributed by atoms with Gasteiger partial charge in [0.2, 0.25) is 0 Å². The van der Waals surface area contributed by atoms with E-state index in [-0.39, 0.29) is 5.43 Å². The zero-order chi connectivity index (χ0) is 20.2. The molecule has 0 bridgehead atoms. The van der Waals surface area contributed by atoms with E-state index < -0.39 is 0 Å². The number of anilines is 1. The first-order valence-corrected chi connectivity index (χ1v) is 10.3. The van der Waals surface area contributed by atoms with Crippen molar-refractivity contribution < 1.29 is 13.9 Å². The maximum Gasteiger partial charge on any atom is 0.200 e. The highest BCUT2D eigenvalue weighted by Crippen LogP contribution is 2.30. The predicted molar refractivity (Wildman–Crippen MR) is 115 cm³/mol. The summed E-state index contributed by atoms with van der Waals surface area (Å²) in [6.45, 7) is 12.4. The number of morpholine rings is 1. The quantitative estimate of drug-likeness (QED) is 0.735. The van der Waals surface area contributed by atoms with E-state index in [0.29, 0.717) is 55.5 Å². The van der Waals surface area contributed by atoms with Gasteiger partial charge in [0.1, 0.15) is 12.4 Å². The van der Waals surface area contributed by atoms with Crippen LogP contribution in [-0.2, 0) is 4.74 Å². The van der Waals surface area contributed by atoms with Crippen LogP contribution in [0.4, 0.5) is 5.88 Å². The minimum absolute atomic E-state index is 0.0557. The fraction of sp³-hybridized carbons (Fsp3) is 0.500. The molecule has 3 heterocycles. The molecule has 1 aromatic carbocycles. The van der Waals surface area contributed by atoms with E-state index in [0.717, 1.165) is 38.3 Å². The van der Waals surface area contributed by atoms with Crippen LogP contribution in [0.1, 0.15) is 5.56 Å². The second-order valence-corrected chi connectivity index (χ2v) is 7.60. The zero-order valence-electron chi connectivity index (χ0n) is 17.1. The van der Waals surface area contributed by atoms with Gasteiger partial charge in [0.25, 0.3) is 0 Å². The summed E-state index contributed by atoms with van der Waals surface area (Å²) >= 11 is 0. The van der Waals surface area contributed by atoms with Crippen LogP contribution in [-0.4, -0.2) is 82.5 Å². The molecular formula is C22H29N3O4. The van der Waals surface area contributed by atoms with Crippen molar-refractivity contribution in [1.29, 1.82) is 0 Å². The van der Waals surface area contributed by atoms with Gasteiger partial charge in [0.15, 0.2) is 16.9 Å². The van der Waals surface area contributed by atoms with Crippen molar-refractivity contribution in [3.8, 4) is 5.75 Å². The Hall–Kier alpha value is -2.35. The van der Waals surface area contributed by atoms with Crippen LogP contribution in [0.15, 0.2) is 34.0 Å². The Balaban J connectivity index is 1.54. The molecule has 4 rings (SSSR count). The molecule has 0 saturated carbocycles. The fourth-order valence-electron chi connectivity index (χ4n) is 3.82. The van der Waals surface area contributed by atoms with E-state index in [9.17, 15) is 4.79 Å². The minimum atomic E-state index is -0.0557. The van der Waals surface area contributed by atoms with E-state index in [2.05, 4.69) is 23.4 Å². The van der Waals surface area contributed by atoms with Gasteiger partial charge in [-0.05, 0) is 19.2 Å². The number of likely N-dealkylation sites (N-methyl/N-ethyl adjacent to an activating group) is 1. The van der Waals surface area contributed by atoms with Crippen molar-refractivity contribution >= 4 is 22.9 Å². The van der Waals surface area contributed by atoms with Crippen molar-refractivity contribution in [3.05, 3.63) is 40.6 Å².